The smallest absolute Gasteiger partial charge is 0.0379 e. The molecule has 0 fully saturated rings. The second-order valence-electron chi connectivity index (χ2n) is 8.07. The van der Waals surface area contributed by atoms with Crippen molar-refractivity contribution in [2.24, 2.45) is 0 Å². The number of hydrogen-bond donors (Lipinski definition) is 1. The van der Waals surface area contributed by atoms with Gasteiger partial charge < -0.3 is 5.32 Å². The van der Waals surface area contributed by atoms with Crippen molar-refractivity contribution in [3.8, 4) is 12.3 Å². The van der Waals surface area contributed by atoms with Gasteiger partial charge in [-0.05, 0) is 62.3 Å². The van der Waals surface area contributed by atoms with E-state index in [0.717, 1.165) is 56.8 Å². The summed E-state index contributed by atoms with van der Waals surface area (Å²) in [6.07, 6.45) is 28.3. The third-order valence-corrected chi connectivity index (χ3v) is 6.68. The summed E-state index contributed by atoms with van der Waals surface area (Å²) in [5, 5.41) is 3.50. The van der Waals surface area contributed by atoms with Gasteiger partial charge in [0.05, 0.1) is 0 Å². The van der Waals surface area contributed by atoms with Crippen LogP contribution in [0.3, 0.4) is 0 Å². The first-order valence-corrected chi connectivity index (χ1v) is 13.2. The van der Waals surface area contributed by atoms with Crippen molar-refractivity contribution in [1.29, 1.82) is 0 Å². The first kappa shape index (κ1) is 28.5. The fourth-order valence-electron chi connectivity index (χ4n) is 3.71. The second-order valence-corrected chi connectivity index (χ2v) is 9.36. The normalized spacial score (nSPS) is 18.7. The van der Waals surface area contributed by atoms with Gasteiger partial charge in [-0.1, -0.05) is 109 Å². The highest BCUT2D eigenvalue weighted by Gasteiger charge is 2.15. The zero-order valence-electron chi connectivity index (χ0n) is 21.3. The van der Waals surface area contributed by atoms with Gasteiger partial charge in [0, 0.05) is 22.6 Å². The van der Waals surface area contributed by atoms with Crippen molar-refractivity contribution in [3.05, 3.63) is 107 Å². The molecule has 0 aromatic carbocycles. The van der Waals surface area contributed by atoms with Gasteiger partial charge in [0.15, 0.2) is 0 Å². The lowest BCUT2D eigenvalue weighted by atomic mass is 10.0. The predicted molar refractivity (Wildman–Crippen MR) is 153 cm³/mol. The van der Waals surface area contributed by atoms with E-state index in [1.54, 1.807) is 5.57 Å². The van der Waals surface area contributed by atoms with Crippen LogP contribution in [0.25, 0.3) is 0 Å². The Morgan fingerprint density at radius 1 is 1.21 bits per heavy atom. The van der Waals surface area contributed by atoms with Crippen LogP contribution in [0.4, 0.5) is 0 Å². The van der Waals surface area contributed by atoms with Gasteiger partial charge in [0.25, 0.3) is 0 Å². The Kier molecular flexibility index (Phi) is 13.9. The lowest BCUT2D eigenvalue weighted by molar-refractivity contribution is 0.871. The van der Waals surface area contributed by atoms with E-state index in [9.17, 15) is 0 Å². The molecule has 0 aliphatic carbocycles. The Morgan fingerprint density at radius 2 is 1.94 bits per heavy atom. The maximum Gasteiger partial charge on any atom is 0.0379 e. The molecule has 0 amide bonds. The molecule has 1 nitrogen and oxygen atoms in total. The van der Waals surface area contributed by atoms with Crippen LogP contribution in [0, 0.1) is 12.3 Å². The molecule has 1 N–H and O–H groups in total. The molecule has 1 aliphatic heterocycles. The summed E-state index contributed by atoms with van der Waals surface area (Å²) in [4.78, 5) is 0. The van der Waals surface area contributed by atoms with Crippen molar-refractivity contribution in [3.63, 3.8) is 0 Å². The quantitative estimate of drug-likeness (QED) is 0.125. The maximum absolute atomic E-state index is 5.83. The largest absolute Gasteiger partial charge is 0.359 e. The average molecular weight is 460 g/mol. The molecule has 0 radical (unpaired) electrons. The number of hydrogen-bond acceptors (Lipinski definition) is 1. The van der Waals surface area contributed by atoms with Crippen LogP contribution in [0.1, 0.15) is 66.7 Å². The summed E-state index contributed by atoms with van der Waals surface area (Å²) in [5.41, 5.74) is 8.27. The van der Waals surface area contributed by atoms with Crippen molar-refractivity contribution in [1.82, 2.24) is 5.32 Å². The fraction of sp³-hybridized carbons (Fsp3) is 0.355. The van der Waals surface area contributed by atoms with E-state index in [4.69, 9.17) is 6.42 Å². The van der Waals surface area contributed by atoms with E-state index in [1.165, 1.54) is 17.6 Å². The SMILES string of the molecule is C#CC(=C/CC)/C(=C\C/C(C=C)=C/C)/C=C(\C)NC(=C)C1=CC(/C(=C/CC)CCC)PC=C1. The highest BCUT2D eigenvalue weighted by atomic mass is 31.1. The zero-order valence-corrected chi connectivity index (χ0v) is 22.3. The molecule has 0 saturated carbocycles. The van der Waals surface area contributed by atoms with Gasteiger partial charge >= 0.3 is 0 Å². The van der Waals surface area contributed by atoms with Gasteiger partial charge in [0.2, 0.25) is 0 Å². The molecule has 176 valence electrons. The van der Waals surface area contributed by atoms with Crippen LogP contribution < -0.4 is 5.32 Å². The standard InChI is InChI=1S/C31H42NP/c1-9-15-27(14-6)30(19-18-26(12-4)13-5)22-24(7)32-25(8)29-20-21-33-31(23-29)28(16-10-2)17-11-3/h6,12-13,15-16,19-23,31-33H,4,8-11,17-18H2,1-3,5,7H3/b24-22+,26-13+,27-15-,28-16+,30-19-. The van der Waals surface area contributed by atoms with Gasteiger partial charge in [0.1, 0.15) is 0 Å². The van der Waals surface area contributed by atoms with Crippen molar-refractivity contribution in [2.75, 3.05) is 0 Å². The summed E-state index contributed by atoms with van der Waals surface area (Å²) < 4.78 is 0. The number of allylic oxidation sites excluding steroid dienone is 13. The second kappa shape index (κ2) is 16.1. The monoisotopic (exact) mass is 459 g/mol. The Labute approximate surface area is 205 Å². The molecule has 0 spiro atoms. The van der Waals surface area contributed by atoms with E-state index in [0.29, 0.717) is 5.66 Å². The molecule has 2 atom stereocenters. The van der Waals surface area contributed by atoms with Crippen molar-refractivity contribution < 1.29 is 0 Å². The highest BCUT2D eigenvalue weighted by Crippen LogP contribution is 2.36. The minimum Gasteiger partial charge on any atom is -0.359 e. The third-order valence-electron chi connectivity index (χ3n) is 5.42. The minimum absolute atomic E-state index is 0.488. The molecule has 1 aliphatic rings. The number of rotatable bonds is 13. The Balaban J connectivity index is 3.14. The van der Waals surface area contributed by atoms with E-state index < -0.39 is 0 Å². The third kappa shape index (κ3) is 9.86. The van der Waals surface area contributed by atoms with Crippen LogP contribution >= 0.6 is 8.58 Å². The first-order valence-electron chi connectivity index (χ1n) is 12.1. The van der Waals surface area contributed by atoms with E-state index in [1.807, 2.05) is 13.0 Å². The van der Waals surface area contributed by atoms with Gasteiger partial charge in [-0.2, -0.15) is 0 Å². The number of nitrogens with one attached hydrogen (secondary N) is 1. The molecule has 1 rings (SSSR count). The molecular weight excluding hydrogens is 417 g/mol. The molecule has 33 heavy (non-hydrogen) atoms. The van der Waals surface area contributed by atoms with Crippen molar-refractivity contribution in [2.45, 2.75) is 72.4 Å². The molecule has 0 aromatic rings. The summed E-state index contributed by atoms with van der Waals surface area (Å²) >= 11 is 0. The Morgan fingerprint density at radius 3 is 2.52 bits per heavy atom. The van der Waals surface area contributed by atoms with Crippen molar-refractivity contribution >= 4 is 8.58 Å². The topological polar surface area (TPSA) is 12.0 Å². The first-order chi connectivity index (χ1) is 15.9. The summed E-state index contributed by atoms with van der Waals surface area (Å²) in [5.74, 6) is 5.15. The molecular formula is C31H42NP. The lowest BCUT2D eigenvalue weighted by Gasteiger charge is -2.22. The van der Waals surface area contributed by atoms with E-state index in [2.05, 4.69) is 100 Å². The highest BCUT2D eigenvalue weighted by molar-refractivity contribution is 7.43. The van der Waals surface area contributed by atoms with Gasteiger partial charge in [-0.25, -0.2) is 0 Å². The Bertz CT molecular complexity index is 938. The maximum atomic E-state index is 5.83. The summed E-state index contributed by atoms with van der Waals surface area (Å²) in [7, 11) is 0.796. The van der Waals surface area contributed by atoms with Crippen LogP contribution in [0.2, 0.25) is 0 Å². The van der Waals surface area contributed by atoms with Crippen LogP contribution in [-0.4, -0.2) is 5.66 Å². The molecule has 0 bridgehead atoms. The number of terminal acetylenes is 1. The average Bonchev–Trinajstić information content (AvgIpc) is 2.82. The van der Waals surface area contributed by atoms with E-state index >= 15 is 0 Å². The zero-order chi connectivity index (χ0) is 24.6. The predicted octanol–water partition coefficient (Wildman–Crippen LogP) is 9.05. The summed E-state index contributed by atoms with van der Waals surface area (Å²) in [6.45, 7) is 18.9. The van der Waals surface area contributed by atoms with Crippen LogP contribution in [-0.2, 0) is 0 Å². The molecule has 0 aromatic heterocycles. The fourth-order valence-corrected chi connectivity index (χ4v) is 4.95. The van der Waals surface area contributed by atoms with Crippen LogP contribution in [0.15, 0.2) is 107 Å². The van der Waals surface area contributed by atoms with Gasteiger partial charge in [-0.15, -0.1) is 6.42 Å². The van der Waals surface area contributed by atoms with E-state index in [-0.39, 0.29) is 0 Å². The lowest BCUT2D eigenvalue weighted by Crippen LogP contribution is -2.14. The minimum atomic E-state index is 0.488. The molecule has 2 heteroatoms. The molecule has 1 heterocycles. The molecule has 0 saturated heterocycles. The van der Waals surface area contributed by atoms with Crippen LogP contribution in [0.5, 0.6) is 0 Å². The Hall–Kier alpha value is -2.55. The molecule has 2 unspecified atom stereocenters. The van der Waals surface area contributed by atoms with Gasteiger partial charge in [-0.3, -0.25) is 0 Å². The summed E-state index contributed by atoms with van der Waals surface area (Å²) in [6, 6.07) is 0.